The van der Waals surface area contributed by atoms with E-state index in [0.717, 1.165) is 56.8 Å². The molecule has 3 heterocycles. The fourth-order valence-electron chi connectivity index (χ4n) is 4.69. The number of ether oxygens (including phenoxy) is 2. The predicted molar refractivity (Wildman–Crippen MR) is 127 cm³/mol. The number of hydrogen-bond acceptors (Lipinski definition) is 4. The summed E-state index contributed by atoms with van der Waals surface area (Å²) < 4.78 is 14.6. The van der Waals surface area contributed by atoms with Crippen LogP contribution in [0.25, 0.3) is 22.2 Å². The van der Waals surface area contributed by atoms with Crippen LogP contribution in [0.5, 0.6) is 0 Å². The molecule has 0 atom stereocenters. The van der Waals surface area contributed by atoms with Gasteiger partial charge in [-0.25, -0.2) is 0 Å². The molecule has 2 aromatic carbocycles. The van der Waals surface area contributed by atoms with E-state index in [2.05, 4.69) is 80.2 Å². The fourth-order valence-corrected chi connectivity index (χ4v) is 5.57. The third-order valence-electron chi connectivity index (χ3n) is 6.23. The van der Waals surface area contributed by atoms with Gasteiger partial charge in [-0.05, 0) is 46.5 Å². The zero-order valence-corrected chi connectivity index (χ0v) is 19.0. The van der Waals surface area contributed by atoms with Gasteiger partial charge in [-0.3, -0.25) is 0 Å². The van der Waals surface area contributed by atoms with E-state index >= 15 is 0 Å². The maximum absolute atomic E-state index is 5.60. The molecule has 1 aromatic heterocycles. The van der Waals surface area contributed by atoms with Crippen LogP contribution in [0.2, 0.25) is 0 Å². The van der Waals surface area contributed by atoms with Crippen molar-refractivity contribution in [3.8, 4) is 11.3 Å². The van der Waals surface area contributed by atoms with Crippen molar-refractivity contribution < 1.29 is 9.47 Å². The largest absolute Gasteiger partial charge is 0.381 e. The molecule has 0 aliphatic carbocycles. The number of anilines is 2. The molecule has 5 rings (SSSR count). The highest BCUT2D eigenvalue weighted by Gasteiger charge is 2.25. The van der Waals surface area contributed by atoms with Gasteiger partial charge in [0, 0.05) is 50.5 Å². The molecular weight excluding hydrogens is 442 g/mol. The van der Waals surface area contributed by atoms with Gasteiger partial charge in [0.25, 0.3) is 0 Å². The lowest BCUT2D eigenvalue weighted by molar-refractivity contribution is 0.0905. The summed E-state index contributed by atoms with van der Waals surface area (Å²) in [6.45, 7) is 5.06. The van der Waals surface area contributed by atoms with E-state index in [4.69, 9.17) is 9.47 Å². The van der Waals surface area contributed by atoms with Gasteiger partial charge < -0.3 is 24.3 Å². The van der Waals surface area contributed by atoms with Crippen LogP contribution in [-0.2, 0) is 16.5 Å². The SMILES string of the molecule is Cn1c(-c2ccccc2)c(Br)c2c(N3CCOCC3)ccc(NC3CCOCC3)c21. The first-order valence-electron chi connectivity index (χ1n) is 10.8. The van der Waals surface area contributed by atoms with Gasteiger partial charge in [-0.15, -0.1) is 0 Å². The number of nitrogens with zero attached hydrogens (tertiary/aromatic N) is 2. The first-order valence-corrected chi connectivity index (χ1v) is 11.6. The second-order valence-corrected chi connectivity index (χ2v) is 8.87. The first-order chi connectivity index (χ1) is 14.7. The Bertz CT molecular complexity index is 1020. The average Bonchev–Trinajstić information content (AvgIpc) is 3.07. The Hall–Kier alpha value is -2.02. The van der Waals surface area contributed by atoms with Crippen molar-refractivity contribution in [3.05, 3.63) is 46.9 Å². The van der Waals surface area contributed by atoms with Crippen LogP contribution in [0.4, 0.5) is 11.4 Å². The summed E-state index contributed by atoms with van der Waals surface area (Å²) in [4.78, 5) is 2.45. The van der Waals surface area contributed by atoms with Crippen LogP contribution in [0.15, 0.2) is 46.9 Å². The molecular formula is C24H28BrN3O2. The number of aromatic nitrogens is 1. The van der Waals surface area contributed by atoms with Crippen LogP contribution < -0.4 is 10.2 Å². The fraction of sp³-hybridized carbons (Fsp3) is 0.417. The maximum Gasteiger partial charge on any atom is 0.0751 e. The van der Waals surface area contributed by atoms with E-state index in [1.54, 1.807) is 0 Å². The Morgan fingerprint density at radius 2 is 1.63 bits per heavy atom. The van der Waals surface area contributed by atoms with E-state index in [0.29, 0.717) is 6.04 Å². The van der Waals surface area contributed by atoms with Gasteiger partial charge in [0.1, 0.15) is 0 Å². The minimum Gasteiger partial charge on any atom is -0.381 e. The van der Waals surface area contributed by atoms with Gasteiger partial charge in [0.2, 0.25) is 0 Å². The van der Waals surface area contributed by atoms with E-state index in [1.165, 1.54) is 33.5 Å². The summed E-state index contributed by atoms with van der Waals surface area (Å²) >= 11 is 3.99. The number of fused-ring (bicyclic) bond motifs is 1. The summed E-state index contributed by atoms with van der Waals surface area (Å²) in [7, 11) is 2.17. The van der Waals surface area contributed by atoms with E-state index in [9.17, 15) is 0 Å². The topological polar surface area (TPSA) is 38.7 Å². The molecule has 30 heavy (non-hydrogen) atoms. The van der Waals surface area contributed by atoms with Gasteiger partial charge in [0.15, 0.2) is 0 Å². The van der Waals surface area contributed by atoms with Crippen molar-refractivity contribution in [1.29, 1.82) is 0 Å². The Kier molecular flexibility index (Phi) is 5.72. The Morgan fingerprint density at radius 3 is 2.37 bits per heavy atom. The van der Waals surface area contributed by atoms with Crippen molar-refractivity contribution in [1.82, 2.24) is 4.57 Å². The summed E-state index contributed by atoms with van der Waals surface area (Å²) in [6.07, 6.45) is 2.09. The highest BCUT2D eigenvalue weighted by molar-refractivity contribution is 9.10. The van der Waals surface area contributed by atoms with Crippen LogP contribution in [0.3, 0.4) is 0 Å². The van der Waals surface area contributed by atoms with Crippen LogP contribution in [0, 0.1) is 0 Å². The minimum absolute atomic E-state index is 0.449. The standard InChI is InChI=1S/C24H28BrN3O2/c1-27-23(17-5-3-2-4-6-17)22(25)21-20(28-11-15-30-16-12-28)8-7-19(24(21)27)26-18-9-13-29-14-10-18/h2-8,18,26H,9-16H2,1H3. The van der Waals surface area contributed by atoms with Crippen molar-refractivity contribution in [3.63, 3.8) is 0 Å². The highest BCUT2D eigenvalue weighted by atomic mass is 79.9. The number of aryl methyl sites for hydroxylation is 1. The molecule has 158 valence electrons. The second-order valence-electron chi connectivity index (χ2n) is 8.07. The number of nitrogens with one attached hydrogen (secondary N) is 1. The third kappa shape index (κ3) is 3.61. The van der Waals surface area contributed by atoms with Crippen molar-refractivity contribution >= 4 is 38.2 Å². The molecule has 0 radical (unpaired) electrons. The van der Waals surface area contributed by atoms with Crippen LogP contribution in [-0.4, -0.2) is 50.1 Å². The Labute approximate surface area is 186 Å². The molecule has 2 aliphatic heterocycles. The molecule has 3 aromatic rings. The number of morpholine rings is 1. The molecule has 1 N–H and O–H groups in total. The quantitative estimate of drug-likeness (QED) is 0.580. The van der Waals surface area contributed by atoms with E-state index < -0.39 is 0 Å². The molecule has 2 fully saturated rings. The average molecular weight is 470 g/mol. The molecule has 0 spiro atoms. The molecule has 0 bridgehead atoms. The van der Waals surface area contributed by atoms with Gasteiger partial charge in [-0.2, -0.15) is 0 Å². The molecule has 0 saturated carbocycles. The normalized spacial score (nSPS) is 18.1. The summed E-state index contributed by atoms with van der Waals surface area (Å²) in [5.41, 5.74) is 6.14. The monoisotopic (exact) mass is 469 g/mol. The van der Waals surface area contributed by atoms with Crippen molar-refractivity contribution in [2.75, 3.05) is 49.7 Å². The third-order valence-corrected chi connectivity index (χ3v) is 7.01. The Balaban J connectivity index is 1.68. The number of hydrogen-bond donors (Lipinski definition) is 1. The zero-order valence-electron chi connectivity index (χ0n) is 17.4. The van der Waals surface area contributed by atoms with Gasteiger partial charge in [-0.1, -0.05) is 30.3 Å². The van der Waals surface area contributed by atoms with Crippen molar-refractivity contribution in [2.24, 2.45) is 7.05 Å². The molecule has 2 saturated heterocycles. The Morgan fingerprint density at radius 1 is 0.933 bits per heavy atom. The number of halogens is 1. The highest BCUT2D eigenvalue weighted by Crippen LogP contribution is 2.45. The van der Waals surface area contributed by atoms with Crippen LogP contribution in [0.1, 0.15) is 12.8 Å². The maximum atomic E-state index is 5.60. The van der Waals surface area contributed by atoms with Crippen LogP contribution >= 0.6 is 15.9 Å². The molecule has 0 amide bonds. The lowest BCUT2D eigenvalue weighted by Crippen LogP contribution is -2.36. The number of rotatable bonds is 4. The smallest absolute Gasteiger partial charge is 0.0751 e. The molecule has 0 unspecified atom stereocenters. The van der Waals surface area contributed by atoms with Gasteiger partial charge >= 0.3 is 0 Å². The van der Waals surface area contributed by atoms with E-state index in [1.807, 2.05) is 0 Å². The molecule has 5 nitrogen and oxygen atoms in total. The zero-order chi connectivity index (χ0) is 20.5. The van der Waals surface area contributed by atoms with Crippen molar-refractivity contribution in [2.45, 2.75) is 18.9 Å². The minimum atomic E-state index is 0.449. The molecule has 6 heteroatoms. The lowest BCUT2D eigenvalue weighted by atomic mass is 10.1. The summed E-state index contributed by atoms with van der Waals surface area (Å²) in [6, 6.07) is 15.6. The predicted octanol–water partition coefficient (Wildman–Crippen LogP) is 5.04. The number of benzene rings is 2. The summed E-state index contributed by atoms with van der Waals surface area (Å²) in [5.74, 6) is 0. The lowest BCUT2D eigenvalue weighted by Gasteiger charge is -2.30. The molecule has 2 aliphatic rings. The van der Waals surface area contributed by atoms with Gasteiger partial charge in [0.05, 0.1) is 34.6 Å². The second kappa shape index (κ2) is 8.61. The van der Waals surface area contributed by atoms with E-state index in [-0.39, 0.29) is 0 Å². The summed E-state index contributed by atoms with van der Waals surface area (Å²) in [5, 5.41) is 5.10. The first kappa shape index (κ1) is 19.9.